The number of anilines is 1. The van der Waals surface area contributed by atoms with Crippen molar-refractivity contribution in [1.29, 1.82) is 0 Å². The molecule has 4 heteroatoms. The fraction of sp³-hybridized carbons (Fsp3) is 0.308. The van der Waals surface area contributed by atoms with Crippen molar-refractivity contribution in [1.82, 2.24) is 0 Å². The monoisotopic (exact) mass is 234 g/mol. The largest absolute Gasteiger partial charge is 0.325 e. The Hall–Kier alpha value is -1.86. The lowest BCUT2D eigenvalue weighted by molar-refractivity contribution is -0.116. The molecule has 1 aromatic carbocycles. The highest BCUT2D eigenvalue weighted by Crippen LogP contribution is 2.16. The Kier molecular flexibility index (Phi) is 5.18. The molecule has 90 valence electrons. The van der Waals surface area contributed by atoms with E-state index in [9.17, 15) is 9.18 Å². The molecule has 1 amide bonds. The third-order valence-corrected chi connectivity index (χ3v) is 2.06. The molecule has 0 unspecified atom stereocenters. The molecule has 0 heterocycles. The van der Waals surface area contributed by atoms with Crippen molar-refractivity contribution in [3.8, 4) is 11.8 Å². The van der Waals surface area contributed by atoms with Gasteiger partial charge in [-0.3, -0.25) is 4.79 Å². The third-order valence-electron chi connectivity index (χ3n) is 2.06. The lowest BCUT2D eigenvalue weighted by atomic mass is 10.1. The van der Waals surface area contributed by atoms with Gasteiger partial charge in [0.05, 0.1) is 17.8 Å². The lowest BCUT2D eigenvalue weighted by Gasteiger charge is -2.06. The molecule has 0 aromatic heterocycles. The van der Waals surface area contributed by atoms with Crippen molar-refractivity contribution in [2.75, 3.05) is 11.9 Å². The summed E-state index contributed by atoms with van der Waals surface area (Å²) in [5.74, 6) is 4.88. The number of carbonyl (C=O) groups excluding carboxylic acids is 1. The highest BCUT2D eigenvalue weighted by molar-refractivity contribution is 5.92. The van der Waals surface area contributed by atoms with Crippen molar-refractivity contribution in [3.05, 3.63) is 29.6 Å². The molecule has 0 fully saturated rings. The molecule has 0 aliphatic carbocycles. The van der Waals surface area contributed by atoms with Crippen molar-refractivity contribution in [2.24, 2.45) is 5.73 Å². The van der Waals surface area contributed by atoms with Crippen LogP contribution in [0.3, 0.4) is 0 Å². The number of benzene rings is 1. The van der Waals surface area contributed by atoms with Crippen LogP contribution in [0.1, 0.15) is 25.3 Å². The molecular formula is C13H15FN2O. The molecule has 3 nitrogen and oxygen atoms in total. The van der Waals surface area contributed by atoms with Gasteiger partial charge in [-0.15, -0.1) is 0 Å². The summed E-state index contributed by atoms with van der Waals surface area (Å²) in [4.78, 5) is 11.4. The maximum absolute atomic E-state index is 13.0. The van der Waals surface area contributed by atoms with Crippen molar-refractivity contribution in [3.63, 3.8) is 0 Å². The second-order valence-electron chi connectivity index (χ2n) is 3.49. The normalized spacial score (nSPS) is 9.35. The third kappa shape index (κ3) is 4.25. The van der Waals surface area contributed by atoms with Gasteiger partial charge in [0.25, 0.3) is 0 Å². The minimum absolute atomic E-state index is 0.102. The number of nitrogens with two attached hydrogens (primary N) is 1. The molecule has 0 saturated carbocycles. The first-order valence-corrected chi connectivity index (χ1v) is 5.45. The fourth-order valence-electron chi connectivity index (χ4n) is 1.31. The molecule has 0 aliphatic rings. The summed E-state index contributed by atoms with van der Waals surface area (Å²) >= 11 is 0. The topological polar surface area (TPSA) is 55.1 Å². The highest BCUT2D eigenvalue weighted by atomic mass is 19.1. The van der Waals surface area contributed by atoms with Crippen LogP contribution >= 0.6 is 0 Å². The summed E-state index contributed by atoms with van der Waals surface area (Å²) in [5.41, 5.74) is 6.22. The van der Waals surface area contributed by atoms with E-state index in [1.165, 1.54) is 18.2 Å². The van der Waals surface area contributed by atoms with Gasteiger partial charge in [-0.05, 0) is 24.6 Å². The summed E-state index contributed by atoms with van der Waals surface area (Å²) in [7, 11) is 0. The van der Waals surface area contributed by atoms with Crippen LogP contribution in [0.25, 0.3) is 0 Å². The Labute approximate surface area is 100 Å². The predicted octanol–water partition coefficient (Wildman–Crippen LogP) is 1.87. The van der Waals surface area contributed by atoms with Gasteiger partial charge in [-0.2, -0.15) is 0 Å². The molecule has 1 aromatic rings. The van der Waals surface area contributed by atoms with E-state index in [2.05, 4.69) is 17.2 Å². The van der Waals surface area contributed by atoms with E-state index in [4.69, 9.17) is 5.73 Å². The van der Waals surface area contributed by atoms with Gasteiger partial charge in [0.15, 0.2) is 0 Å². The number of amides is 1. The molecule has 0 saturated heterocycles. The van der Waals surface area contributed by atoms with Crippen LogP contribution in [0, 0.1) is 17.7 Å². The van der Waals surface area contributed by atoms with Gasteiger partial charge < -0.3 is 11.1 Å². The second kappa shape index (κ2) is 6.66. The summed E-state index contributed by atoms with van der Waals surface area (Å²) in [6.45, 7) is 2.11. The Bertz CT molecular complexity index is 460. The summed E-state index contributed by atoms with van der Waals surface area (Å²) < 4.78 is 13.0. The molecular weight excluding hydrogens is 219 g/mol. The van der Waals surface area contributed by atoms with Gasteiger partial charge in [0.1, 0.15) is 5.82 Å². The Balaban J connectivity index is 2.94. The van der Waals surface area contributed by atoms with Gasteiger partial charge in [-0.25, -0.2) is 4.39 Å². The van der Waals surface area contributed by atoms with E-state index in [0.717, 1.165) is 6.42 Å². The average Bonchev–Trinajstić information content (AvgIpc) is 2.30. The predicted molar refractivity (Wildman–Crippen MR) is 65.9 cm³/mol. The number of carbonyl (C=O) groups is 1. The smallest absolute Gasteiger partial charge is 0.224 e. The van der Waals surface area contributed by atoms with Gasteiger partial charge in [-0.1, -0.05) is 18.8 Å². The SMILES string of the molecule is CCCC(=O)Nc1ccc(F)cc1C#CCN. The first kappa shape index (κ1) is 13.2. The van der Waals surface area contributed by atoms with Crippen molar-refractivity contribution in [2.45, 2.75) is 19.8 Å². The molecule has 0 aliphatic heterocycles. The standard InChI is InChI=1S/C13H15FN2O/c1-2-4-13(17)16-12-7-6-11(14)9-10(12)5-3-8-15/h6-7,9H,2,4,8,15H2,1H3,(H,16,17). The summed E-state index contributed by atoms with van der Waals surface area (Å²) in [6, 6.07) is 4.07. The van der Waals surface area contributed by atoms with Crippen LogP contribution in [-0.2, 0) is 4.79 Å². The quantitative estimate of drug-likeness (QED) is 0.784. The Morgan fingerprint density at radius 1 is 1.53 bits per heavy atom. The van der Waals surface area contributed by atoms with Crippen LogP contribution in [0.15, 0.2) is 18.2 Å². The van der Waals surface area contributed by atoms with E-state index < -0.39 is 0 Å². The van der Waals surface area contributed by atoms with E-state index in [-0.39, 0.29) is 18.3 Å². The fourth-order valence-corrected chi connectivity index (χ4v) is 1.31. The molecule has 1 rings (SSSR count). The summed E-state index contributed by atoms with van der Waals surface area (Å²) in [5, 5.41) is 2.70. The number of hydrogen-bond donors (Lipinski definition) is 2. The van der Waals surface area contributed by atoms with Crippen molar-refractivity contribution < 1.29 is 9.18 Å². The number of hydrogen-bond acceptors (Lipinski definition) is 2. The molecule has 17 heavy (non-hydrogen) atoms. The van der Waals surface area contributed by atoms with E-state index in [1.54, 1.807) is 0 Å². The van der Waals surface area contributed by atoms with E-state index in [1.807, 2.05) is 6.92 Å². The van der Waals surface area contributed by atoms with E-state index >= 15 is 0 Å². The molecule has 0 bridgehead atoms. The van der Waals surface area contributed by atoms with Gasteiger partial charge in [0.2, 0.25) is 5.91 Å². The zero-order valence-electron chi connectivity index (χ0n) is 9.72. The minimum atomic E-state index is -0.389. The minimum Gasteiger partial charge on any atom is -0.325 e. The Morgan fingerprint density at radius 3 is 2.94 bits per heavy atom. The zero-order valence-corrected chi connectivity index (χ0v) is 9.72. The Morgan fingerprint density at radius 2 is 2.29 bits per heavy atom. The molecule has 0 atom stereocenters. The molecule has 0 radical (unpaired) electrons. The number of nitrogens with one attached hydrogen (secondary N) is 1. The summed E-state index contributed by atoms with van der Waals surface area (Å²) in [6.07, 6.45) is 1.19. The van der Waals surface area contributed by atoms with Gasteiger partial charge >= 0.3 is 0 Å². The molecule has 0 spiro atoms. The lowest BCUT2D eigenvalue weighted by Crippen LogP contribution is -2.11. The van der Waals surface area contributed by atoms with Crippen LogP contribution in [0.2, 0.25) is 0 Å². The van der Waals surface area contributed by atoms with Crippen LogP contribution in [-0.4, -0.2) is 12.5 Å². The van der Waals surface area contributed by atoms with Crippen LogP contribution < -0.4 is 11.1 Å². The number of rotatable bonds is 3. The zero-order chi connectivity index (χ0) is 12.7. The van der Waals surface area contributed by atoms with Crippen LogP contribution in [0.5, 0.6) is 0 Å². The highest BCUT2D eigenvalue weighted by Gasteiger charge is 2.05. The molecule has 3 N–H and O–H groups in total. The van der Waals surface area contributed by atoms with Crippen molar-refractivity contribution >= 4 is 11.6 Å². The second-order valence-corrected chi connectivity index (χ2v) is 3.49. The maximum Gasteiger partial charge on any atom is 0.224 e. The van der Waals surface area contributed by atoms with Crippen LogP contribution in [0.4, 0.5) is 10.1 Å². The van der Waals surface area contributed by atoms with E-state index in [0.29, 0.717) is 17.7 Å². The first-order valence-electron chi connectivity index (χ1n) is 5.45. The first-order chi connectivity index (χ1) is 8.17. The average molecular weight is 234 g/mol. The van der Waals surface area contributed by atoms with Gasteiger partial charge in [0, 0.05) is 6.42 Å². The maximum atomic E-state index is 13.0. The number of halogens is 1.